The minimum Gasteiger partial charge on any atom is -0.495 e. The van der Waals surface area contributed by atoms with Gasteiger partial charge in [0, 0.05) is 17.3 Å². The summed E-state index contributed by atoms with van der Waals surface area (Å²) in [4.78, 5) is 12.6. The van der Waals surface area contributed by atoms with Crippen LogP contribution < -0.4 is 9.46 Å². The number of methoxy groups -OCH3 is 1. The van der Waals surface area contributed by atoms with Gasteiger partial charge in [-0.2, -0.15) is 10.4 Å². The molecule has 0 saturated heterocycles. The van der Waals surface area contributed by atoms with Crippen molar-refractivity contribution < 1.29 is 22.3 Å². The van der Waals surface area contributed by atoms with Crippen molar-refractivity contribution in [2.45, 2.75) is 32.6 Å². The number of hydrogen-bond acceptors (Lipinski definition) is 6. The van der Waals surface area contributed by atoms with Gasteiger partial charge in [-0.25, -0.2) is 22.2 Å². The topological polar surface area (TPSA) is 114 Å². The Morgan fingerprint density at radius 1 is 1.02 bits per heavy atom. The Morgan fingerprint density at radius 3 is 2.26 bits per heavy atom. The van der Waals surface area contributed by atoms with Gasteiger partial charge in [-0.05, 0) is 48.5 Å². The fraction of sp³-hybridized carbons (Fsp3) is 0.167. The van der Waals surface area contributed by atoms with Crippen molar-refractivity contribution in [1.29, 1.82) is 5.26 Å². The number of halogens is 3. The largest absolute Gasteiger partial charge is 0.495 e. The molecule has 0 radical (unpaired) electrons. The van der Waals surface area contributed by atoms with Crippen LogP contribution in [0.15, 0.2) is 83.4 Å². The highest BCUT2D eigenvalue weighted by Crippen LogP contribution is 2.31. The molecule has 0 atom stereocenters. The first-order valence-corrected chi connectivity index (χ1v) is 15.0. The molecule has 4 aromatic rings. The van der Waals surface area contributed by atoms with Crippen molar-refractivity contribution in [3.05, 3.63) is 99.9 Å². The van der Waals surface area contributed by atoms with Gasteiger partial charge in [0.15, 0.2) is 0 Å². The van der Waals surface area contributed by atoms with E-state index in [1.165, 1.54) is 54.4 Å². The SMILES string of the molecule is CC.CC.COc1ccc(-n2cc(/C=C(\C#N)C(=O)NS(=O)(=O)c3ccccc3)c(-c3ccc(Cl)c(F)c3)n2)cc1Cl. The molecule has 1 amide bonds. The van der Waals surface area contributed by atoms with E-state index in [2.05, 4.69) is 5.10 Å². The van der Waals surface area contributed by atoms with Crippen LogP contribution in [0.4, 0.5) is 4.39 Å². The van der Waals surface area contributed by atoms with Crippen LogP contribution in [0.3, 0.4) is 0 Å². The Balaban J connectivity index is 0.00000148. The molecule has 12 heteroatoms. The maximum atomic E-state index is 14.3. The van der Waals surface area contributed by atoms with Crippen LogP contribution in [0.2, 0.25) is 10.0 Å². The average molecular weight is 632 g/mol. The third-order valence-electron chi connectivity index (χ3n) is 5.28. The second kappa shape index (κ2) is 15.7. The number of nitriles is 1. The number of sulfonamides is 1. The fourth-order valence-electron chi connectivity index (χ4n) is 3.43. The minimum absolute atomic E-state index is 0.101. The molecule has 0 unspecified atom stereocenters. The van der Waals surface area contributed by atoms with Crippen molar-refractivity contribution in [3.63, 3.8) is 0 Å². The molecule has 0 aliphatic carbocycles. The zero-order valence-electron chi connectivity index (χ0n) is 23.5. The number of hydrogen-bond donors (Lipinski definition) is 1. The molecule has 0 aliphatic rings. The molecule has 0 spiro atoms. The second-order valence-electron chi connectivity index (χ2n) is 7.74. The van der Waals surface area contributed by atoms with Crippen molar-refractivity contribution >= 4 is 45.2 Å². The third kappa shape index (κ3) is 8.19. The van der Waals surface area contributed by atoms with Crippen LogP contribution in [0.5, 0.6) is 5.75 Å². The zero-order chi connectivity index (χ0) is 31.4. The highest BCUT2D eigenvalue weighted by atomic mass is 35.5. The van der Waals surface area contributed by atoms with E-state index in [9.17, 15) is 22.9 Å². The van der Waals surface area contributed by atoms with Crippen LogP contribution in [-0.4, -0.2) is 31.2 Å². The number of carbonyl (C=O) groups is 1. The summed E-state index contributed by atoms with van der Waals surface area (Å²) in [5, 5.41) is 14.4. The van der Waals surface area contributed by atoms with E-state index in [1.807, 2.05) is 32.4 Å². The molecule has 220 valence electrons. The number of ether oxygens (including phenoxy) is 1. The summed E-state index contributed by atoms with van der Waals surface area (Å²) >= 11 is 12.1. The van der Waals surface area contributed by atoms with Gasteiger partial charge in [-0.1, -0.05) is 75.2 Å². The van der Waals surface area contributed by atoms with Crippen molar-refractivity contribution in [3.8, 4) is 28.8 Å². The average Bonchev–Trinajstić information content (AvgIpc) is 3.43. The molecule has 0 saturated carbocycles. The Kier molecular flexibility index (Phi) is 12.7. The lowest BCUT2D eigenvalue weighted by molar-refractivity contribution is -0.115. The third-order valence-corrected chi connectivity index (χ3v) is 7.23. The van der Waals surface area contributed by atoms with E-state index in [0.717, 1.165) is 12.1 Å². The number of nitrogens with zero attached hydrogens (tertiary/aromatic N) is 3. The molecule has 0 bridgehead atoms. The fourth-order valence-corrected chi connectivity index (χ4v) is 4.79. The first-order chi connectivity index (χ1) is 20.1. The molecule has 8 nitrogen and oxygen atoms in total. The van der Waals surface area contributed by atoms with Crippen molar-refractivity contribution in [2.75, 3.05) is 7.11 Å². The summed E-state index contributed by atoms with van der Waals surface area (Å²) in [5.41, 5.74) is 0.695. The number of aromatic nitrogens is 2. The van der Waals surface area contributed by atoms with Crippen LogP contribution in [-0.2, 0) is 14.8 Å². The van der Waals surface area contributed by atoms with E-state index in [0.29, 0.717) is 22.0 Å². The number of rotatable bonds is 7. The molecule has 42 heavy (non-hydrogen) atoms. The highest BCUT2D eigenvalue weighted by molar-refractivity contribution is 7.90. The normalized spacial score (nSPS) is 10.8. The predicted molar refractivity (Wildman–Crippen MR) is 164 cm³/mol. The molecular weight excluding hydrogens is 602 g/mol. The van der Waals surface area contributed by atoms with Crippen LogP contribution in [0.25, 0.3) is 23.0 Å². The van der Waals surface area contributed by atoms with Gasteiger partial charge in [-0.3, -0.25) is 4.79 Å². The van der Waals surface area contributed by atoms with Crippen LogP contribution in [0, 0.1) is 17.1 Å². The molecule has 1 heterocycles. The lowest BCUT2D eigenvalue weighted by atomic mass is 10.1. The lowest BCUT2D eigenvalue weighted by Gasteiger charge is -2.06. The molecule has 4 rings (SSSR count). The van der Waals surface area contributed by atoms with Crippen molar-refractivity contribution in [2.24, 2.45) is 0 Å². The Bertz CT molecular complexity index is 1720. The quantitative estimate of drug-likeness (QED) is 0.167. The van der Waals surface area contributed by atoms with E-state index in [1.54, 1.807) is 30.3 Å². The molecule has 1 N–H and O–H groups in total. The number of nitrogens with one attached hydrogen (secondary N) is 1. The summed E-state index contributed by atoms with van der Waals surface area (Å²) < 4.78 is 47.9. The van der Waals surface area contributed by atoms with Gasteiger partial charge < -0.3 is 4.74 Å². The lowest BCUT2D eigenvalue weighted by Crippen LogP contribution is -2.31. The van der Waals surface area contributed by atoms with E-state index in [4.69, 9.17) is 27.9 Å². The Labute approximate surface area is 255 Å². The van der Waals surface area contributed by atoms with Gasteiger partial charge in [0.25, 0.3) is 15.9 Å². The molecule has 3 aromatic carbocycles. The summed E-state index contributed by atoms with van der Waals surface area (Å²) in [5.74, 6) is -1.41. The van der Waals surface area contributed by atoms with Gasteiger partial charge in [0.1, 0.15) is 28.9 Å². The first kappa shape index (κ1) is 34.0. The number of benzene rings is 3. The predicted octanol–water partition coefficient (Wildman–Crippen LogP) is 7.46. The maximum Gasteiger partial charge on any atom is 0.275 e. The monoisotopic (exact) mass is 630 g/mol. The summed E-state index contributed by atoms with van der Waals surface area (Å²) in [6.45, 7) is 8.00. The molecule has 1 aromatic heterocycles. The van der Waals surface area contributed by atoms with Crippen LogP contribution in [0.1, 0.15) is 33.3 Å². The molecule has 0 fully saturated rings. The smallest absolute Gasteiger partial charge is 0.275 e. The van der Waals surface area contributed by atoms with Crippen LogP contribution >= 0.6 is 23.2 Å². The minimum atomic E-state index is -4.23. The Hall–Kier alpha value is -4.17. The van der Waals surface area contributed by atoms with Gasteiger partial charge in [-0.15, -0.1) is 0 Å². The molecular formula is C30H29Cl2FN4O4S. The van der Waals surface area contributed by atoms with Gasteiger partial charge >= 0.3 is 0 Å². The summed E-state index contributed by atoms with van der Waals surface area (Å²) in [6.07, 6.45) is 2.64. The Morgan fingerprint density at radius 2 is 1.69 bits per heavy atom. The van der Waals surface area contributed by atoms with E-state index >= 15 is 0 Å². The summed E-state index contributed by atoms with van der Waals surface area (Å²) in [7, 11) is -2.76. The number of amides is 1. The van der Waals surface area contributed by atoms with Crippen molar-refractivity contribution in [1.82, 2.24) is 14.5 Å². The maximum absolute atomic E-state index is 14.3. The number of carbonyl (C=O) groups excluding carboxylic acids is 1. The highest BCUT2D eigenvalue weighted by Gasteiger charge is 2.22. The van der Waals surface area contributed by atoms with E-state index < -0.39 is 27.3 Å². The van der Waals surface area contributed by atoms with Gasteiger partial charge in [0.2, 0.25) is 0 Å². The van der Waals surface area contributed by atoms with E-state index in [-0.39, 0.29) is 21.2 Å². The zero-order valence-corrected chi connectivity index (χ0v) is 25.9. The molecule has 0 aliphatic heterocycles. The first-order valence-electron chi connectivity index (χ1n) is 12.8. The standard InChI is InChI=1S/C26H17Cl2FN4O4S.2C2H6/c1-37-24-10-8-19(13-22(24)28)33-15-18(25(31-33)16-7-9-21(27)23(29)12-16)11-17(14-30)26(34)32-38(35,36)20-5-3-2-4-6-20;2*1-2/h2-13,15H,1H3,(H,32,34);2*1-2H3/b17-11+;;. The summed E-state index contributed by atoms with van der Waals surface area (Å²) in [6, 6.07) is 17.8. The van der Waals surface area contributed by atoms with Gasteiger partial charge in [0.05, 0.1) is 27.7 Å². The second-order valence-corrected chi connectivity index (χ2v) is 10.2.